The first kappa shape index (κ1) is 47.2. The molecule has 6 aliphatic carbocycles. The van der Waals surface area contributed by atoms with Crippen molar-refractivity contribution in [3.05, 3.63) is 65.9 Å². The fraction of sp³-hybridized carbons (Fsp3) is 0.709. The molecule has 10 heteroatoms. The van der Waals surface area contributed by atoms with E-state index in [2.05, 4.69) is 75.5 Å². The van der Waals surface area contributed by atoms with Crippen LogP contribution in [0.5, 0.6) is 11.6 Å². The summed E-state index contributed by atoms with van der Waals surface area (Å²) >= 11 is 0. The summed E-state index contributed by atoms with van der Waals surface area (Å²) < 4.78 is 38.2. The first-order valence-electron chi connectivity index (χ1n) is 25.3. The van der Waals surface area contributed by atoms with E-state index in [-0.39, 0.29) is 39.8 Å². The largest absolute Gasteiger partial charge is 0.497 e. The Balaban J connectivity index is 0.935. The number of aromatic nitrogens is 1. The number of benzene rings is 1. The highest BCUT2D eigenvalue weighted by Crippen LogP contribution is 2.76. The van der Waals surface area contributed by atoms with Gasteiger partial charge in [-0.2, -0.15) is 10.6 Å². The molecule has 1 aromatic heterocycles. The van der Waals surface area contributed by atoms with Crippen LogP contribution in [0.4, 0.5) is 0 Å². The van der Waals surface area contributed by atoms with E-state index in [1.165, 1.54) is 68.1 Å². The average Bonchev–Trinajstić information content (AvgIpc) is 3.66. The lowest BCUT2D eigenvalue weighted by Gasteiger charge is -2.72. The molecule has 1 aliphatic heterocycles. The second-order valence-electron chi connectivity index (χ2n) is 23.3. The molecular weight excluding hydrogens is 831 g/mol. The molecule has 7 aliphatic rings. The van der Waals surface area contributed by atoms with Crippen molar-refractivity contribution < 1.29 is 28.1 Å². The van der Waals surface area contributed by atoms with E-state index < -0.39 is 16.0 Å². The Bertz CT molecular complexity index is 2210. The average molecular weight is 912 g/mol. The predicted molar refractivity (Wildman–Crippen MR) is 265 cm³/mol. The molecule has 1 unspecified atom stereocenters. The maximum absolute atomic E-state index is 13.9. The fourth-order valence-corrected chi connectivity index (χ4v) is 17.7. The van der Waals surface area contributed by atoms with Gasteiger partial charge in [0.25, 0.3) is 0 Å². The lowest BCUT2D eigenvalue weighted by Crippen LogP contribution is -2.68. The number of fused-ring (bicyclic) bond motifs is 8. The zero-order valence-electron chi connectivity index (χ0n) is 41.1. The lowest BCUT2D eigenvalue weighted by atomic mass is 9.33. The molecule has 9 rings (SSSR count). The van der Waals surface area contributed by atoms with Gasteiger partial charge >= 0.3 is 5.97 Å². The maximum atomic E-state index is 13.9. The predicted octanol–water partition coefficient (Wildman–Crippen LogP) is 11.9. The standard InChI is InChI=1S/C55H81N3O6S/c1-10-63-49(59)54(36-64-48-42-35-40(62-9)12-11-38(42)20-28-56-48)23-15-39(16-24-54)43-18-21-51(6)45(50(43,4)5)19-22-53(8)46(51)14-13-44-47-41(37(2)3)17-25-55(47,27-26-52(44,53)7)57-29-30-58-31-33-65(60,61)34-32-58/h11-12,15,18,20,28,35,41,44-47,57,60-61H,2,10,13-14,16-17,19,21-27,29-34,36H2,1,3-9H3/t41-,44+,45-,46+,47+,51-,52+,53+,54?,55-/m0/s1. The molecule has 0 spiro atoms. The third-order valence-electron chi connectivity index (χ3n) is 20.1. The Morgan fingerprint density at radius 2 is 1.72 bits per heavy atom. The third-order valence-corrected chi connectivity index (χ3v) is 21.8. The quantitative estimate of drug-likeness (QED) is 0.141. The van der Waals surface area contributed by atoms with E-state index in [1.54, 1.807) is 13.3 Å². The van der Waals surface area contributed by atoms with Crippen molar-refractivity contribution in [3.63, 3.8) is 0 Å². The first-order valence-corrected chi connectivity index (χ1v) is 27.2. The van der Waals surface area contributed by atoms with Gasteiger partial charge in [-0.15, -0.1) is 0 Å². The summed E-state index contributed by atoms with van der Waals surface area (Å²) in [5.74, 6) is 5.21. The van der Waals surface area contributed by atoms with E-state index in [0.29, 0.717) is 66.4 Å². The minimum Gasteiger partial charge on any atom is -0.497 e. The molecule has 2 aromatic rings. The Morgan fingerprint density at radius 3 is 2.43 bits per heavy atom. The van der Waals surface area contributed by atoms with Crippen LogP contribution in [0.15, 0.2) is 65.9 Å². The molecule has 358 valence electrons. The van der Waals surface area contributed by atoms with E-state index in [9.17, 15) is 13.9 Å². The molecule has 0 bridgehead atoms. The minimum atomic E-state index is -2.38. The Morgan fingerprint density at radius 1 is 0.938 bits per heavy atom. The molecule has 9 nitrogen and oxygen atoms in total. The van der Waals surface area contributed by atoms with Gasteiger partial charge in [-0.1, -0.05) is 65.0 Å². The molecule has 2 heterocycles. The second kappa shape index (κ2) is 17.3. The molecule has 4 saturated carbocycles. The van der Waals surface area contributed by atoms with Crippen LogP contribution < -0.4 is 14.8 Å². The van der Waals surface area contributed by atoms with Crippen molar-refractivity contribution in [2.75, 3.05) is 58.0 Å². The number of methoxy groups -OCH3 is 1. The number of nitrogens with one attached hydrogen (secondary N) is 1. The van der Waals surface area contributed by atoms with Gasteiger partial charge in [0, 0.05) is 43.3 Å². The lowest BCUT2D eigenvalue weighted by molar-refractivity contribution is -0.221. The van der Waals surface area contributed by atoms with Crippen LogP contribution in [0.25, 0.3) is 10.8 Å². The number of nitrogens with zero attached hydrogens (tertiary/aromatic N) is 2. The first-order chi connectivity index (χ1) is 30.9. The molecule has 0 amide bonds. The minimum absolute atomic E-state index is 0.0118. The maximum Gasteiger partial charge on any atom is 0.315 e. The Labute approximate surface area is 392 Å². The molecule has 3 N–H and O–H groups in total. The number of ether oxygens (including phenoxy) is 3. The highest BCUT2D eigenvalue weighted by molar-refractivity contribution is 8.24. The normalized spacial score (nSPS) is 39.1. The summed E-state index contributed by atoms with van der Waals surface area (Å²) in [6, 6.07) is 7.87. The number of hydrogen-bond donors (Lipinski definition) is 3. The summed E-state index contributed by atoms with van der Waals surface area (Å²) in [6.07, 6.45) is 20.2. The number of rotatable bonds is 12. The van der Waals surface area contributed by atoms with Crippen LogP contribution >= 0.6 is 10.6 Å². The second-order valence-corrected chi connectivity index (χ2v) is 25.7. The van der Waals surface area contributed by atoms with Gasteiger partial charge in [0.1, 0.15) is 17.8 Å². The molecule has 10 atom stereocenters. The smallest absolute Gasteiger partial charge is 0.315 e. The van der Waals surface area contributed by atoms with Gasteiger partial charge in [-0.05, 0) is 177 Å². The number of carbonyl (C=O) groups excluding carboxylic acids is 1. The van der Waals surface area contributed by atoms with Gasteiger partial charge in [0.15, 0.2) is 0 Å². The van der Waals surface area contributed by atoms with Gasteiger partial charge in [-0.3, -0.25) is 18.8 Å². The fourth-order valence-electron chi connectivity index (χ4n) is 16.4. The summed E-state index contributed by atoms with van der Waals surface area (Å²) in [6.45, 7) is 26.2. The zero-order valence-corrected chi connectivity index (χ0v) is 41.9. The van der Waals surface area contributed by atoms with Crippen molar-refractivity contribution in [3.8, 4) is 11.6 Å². The van der Waals surface area contributed by atoms with Gasteiger partial charge in [0.05, 0.1) is 25.2 Å². The van der Waals surface area contributed by atoms with E-state index in [0.717, 1.165) is 55.5 Å². The number of esters is 1. The van der Waals surface area contributed by atoms with Gasteiger partial charge < -0.3 is 19.5 Å². The molecule has 65 heavy (non-hydrogen) atoms. The van der Waals surface area contributed by atoms with Crippen molar-refractivity contribution in [2.45, 2.75) is 131 Å². The number of hydrogen-bond acceptors (Lipinski definition) is 9. The summed E-state index contributed by atoms with van der Waals surface area (Å²) in [5.41, 5.74) is 4.44. The summed E-state index contributed by atoms with van der Waals surface area (Å²) in [7, 11) is -0.718. The number of pyridine rings is 1. The van der Waals surface area contributed by atoms with Crippen LogP contribution in [0.1, 0.15) is 126 Å². The molecule has 1 saturated heterocycles. The van der Waals surface area contributed by atoms with E-state index in [1.807, 2.05) is 31.2 Å². The Kier molecular flexibility index (Phi) is 12.5. The Hall–Kier alpha value is -2.89. The van der Waals surface area contributed by atoms with Crippen molar-refractivity contribution in [1.29, 1.82) is 0 Å². The topological polar surface area (TPSA) is 113 Å². The highest BCUT2D eigenvalue weighted by Gasteiger charge is 2.70. The molecule has 0 radical (unpaired) electrons. The highest BCUT2D eigenvalue weighted by atomic mass is 32.3. The van der Waals surface area contributed by atoms with Crippen molar-refractivity contribution in [1.82, 2.24) is 15.2 Å². The van der Waals surface area contributed by atoms with Crippen molar-refractivity contribution in [2.24, 2.45) is 56.7 Å². The zero-order chi connectivity index (χ0) is 46.2. The van der Waals surface area contributed by atoms with E-state index >= 15 is 0 Å². The number of allylic oxidation sites excluding steroid dienone is 5. The summed E-state index contributed by atoms with van der Waals surface area (Å²) in [5, 5.41) is 6.16. The molecular formula is C55H81N3O6S. The number of carbonyl (C=O) groups is 1. The summed E-state index contributed by atoms with van der Waals surface area (Å²) in [4.78, 5) is 20.9. The monoisotopic (exact) mass is 912 g/mol. The molecule has 5 fully saturated rings. The van der Waals surface area contributed by atoms with Crippen LogP contribution in [0, 0.1) is 56.7 Å². The third kappa shape index (κ3) is 7.83. The van der Waals surface area contributed by atoms with Crippen molar-refractivity contribution >= 4 is 27.3 Å². The van der Waals surface area contributed by atoms with Crippen LogP contribution in [-0.2, 0) is 9.53 Å². The van der Waals surface area contributed by atoms with Crippen LogP contribution in [0.3, 0.4) is 0 Å². The van der Waals surface area contributed by atoms with Crippen LogP contribution in [0.2, 0.25) is 0 Å². The molecule has 1 aromatic carbocycles. The van der Waals surface area contributed by atoms with Gasteiger partial charge in [-0.25, -0.2) is 4.98 Å². The SMILES string of the molecule is C=C(C)[C@@H]1CC[C@]2(NCCN3CCS(O)(O)CC3)CC[C@]3(C)[C@H](CC[C@@H]4[C@@]5(C)CC=C(C6=CCC(COc7nccc8ccc(OC)cc78)(C(=O)OCC)CC6)C(C)(C)[C@@H]5CC[C@]43C)[C@@H]12. The van der Waals surface area contributed by atoms with Gasteiger partial charge in [0.2, 0.25) is 5.88 Å². The van der Waals surface area contributed by atoms with E-state index in [4.69, 9.17) is 14.2 Å². The van der Waals surface area contributed by atoms with Crippen LogP contribution in [-0.4, -0.2) is 88.5 Å².